The van der Waals surface area contributed by atoms with Crippen molar-refractivity contribution in [3.8, 4) is 0 Å². The van der Waals surface area contributed by atoms with Crippen molar-refractivity contribution < 1.29 is 19.5 Å². The molecule has 0 saturated carbocycles. The van der Waals surface area contributed by atoms with Crippen molar-refractivity contribution in [2.45, 2.75) is 6.92 Å². The minimum absolute atomic E-state index is 0. The minimum atomic E-state index is 0. The van der Waals surface area contributed by atoms with Crippen LogP contribution in [0.3, 0.4) is 0 Å². The van der Waals surface area contributed by atoms with Gasteiger partial charge in [0.1, 0.15) is 0 Å². The van der Waals surface area contributed by atoms with E-state index in [1.165, 1.54) is 0 Å². The molecule has 0 amide bonds. The monoisotopic (exact) mass is 276 g/mol. The molecule has 0 N–H and O–H groups in total. The Morgan fingerprint density at radius 3 is 1.00 bits per heavy atom. The first-order chi connectivity index (χ1) is 6.00. The van der Waals surface area contributed by atoms with Gasteiger partial charge in [-0.25, -0.2) is 24.3 Å². The van der Waals surface area contributed by atoms with E-state index in [1.54, 1.807) is 6.92 Å². The Bertz CT molecular complexity index is 144. The molecule has 1 heteroatoms. The van der Waals surface area contributed by atoms with Gasteiger partial charge in [0.25, 0.3) is 0 Å². The summed E-state index contributed by atoms with van der Waals surface area (Å²) < 4.78 is 0. The first-order valence-corrected chi connectivity index (χ1v) is 4.04. The van der Waals surface area contributed by atoms with E-state index in [-0.39, 0.29) is 26.9 Å². The second kappa shape index (κ2) is 18.2. The molecule has 0 bridgehead atoms. The van der Waals surface area contributed by atoms with Gasteiger partial charge in [-0.3, -0.25) is 0 Å². The van der Waals surface area contributed by atoms with Crippen molar-refractivity contribution in [3.05, 3.63) is 75.0 Å². The molecule has 0 aromatic heterocycles. The molecule has 2 aromatic carbocycles. The summed E-state index contributed by atoms with van der Waals surface area (Å²) in [6, 6.07) is 20.0. The van der Waals surface area contributed by atoms with Gasteiger partial charge in [-0.15, -0.1) is 0 Å². The maximum Gasteiger partial charge on any atom is 4.00 e. The van der Waals surface area contributed by atoms with Gasteiger partial charge < -0.3 is 14.4 Å². The maximum atomic E-state index is 3.25. The van der Waals surface area contributed by atoms with Gasteiger partial charge in [-0.1, -0.05) is 0 Å². The fourth-order valence-electron chi connectivity index (χ4n) is 0.642. The Balaban J connectivity index is -0.000000131. The van der Waals surface area contributed by atoms with Gasteiger partial charge in [0.05, 0.1) is 0 Å². The summed E-state index contributed by atoms with van der Waals surface area (Å²) in [4.78, 5) is 0. The molecule has 0 spiro atoms. The molecule has 0 radical (unpaired) electrons. The number of rotatable bonds is 0. The number of hydrogen-bond acceptors (Lipinski definition) is 0. The van der Waals surface area contributed by atoms with E-state index in [1.807, 2.05) is 60.7 Å². The Hall–Kier alpha value is -0.677. The minimum Gasteiger partial charge on any atom is -0.358 e. The van der Waals surface area contributed by atoms with Crippen LogP contribution in [0.25, 0.3) is 0 Å². The SMILES string of the molecule is [CH2-]C.[CH3-].[Ru+4].c1cc[cH-]c1.c1cc[cH-]c1. The van der Waals surface area contributed by atoms with Crippen LogP contribution in [0.5, 0.6) is 0 Å². The smallest absolute Gasteiger partial charge is 0.358 e. The van der Waals surface area contributed by atoms with Gasteiger partial charge in [0.2, 0.25) is 0 Å². The first kappa shape index (κ1) is 19.0. The molecule has 2 rings (SSSR count). The summed E-state index contributed by atoms with van der Waals surface area (Å²) in [5.41, 5.74) is 0. The first-order valence-electron chi connectivity index (χ1n) is 4.04. The Morgan fingerprint density at radius 2 is 0.929 bits per heavy atom. The molecular formula is C13H18Ru. The van der Waals surface area contributed by atoms with E-state index in [0.29, 0.717) is 0 Å². The van der Waals surface area contributed by atoms with Crippen LogP contribution in [-0.4, -0.2) is 0 Å². The molecule has 0 aliphatic rings. The topological polar surface area (TPSA) is 0 Å². The molecule has 0 aliphatic carbocycles. The Morgan fingerprint density at radius 1 is 0.714 bits per heavy atom. The fraction of sp³-hybridized carbons (Fsp3) is 0.0769. The molecule has 0 heterocycles. The molecule has 0 nitrogen and oxygen atoms in total. The molecule has 0 unspecified atom stereocenters. The van der Waals surface area contributed by atoms with E-state index in [9.17, 15) is 0 Å². The van der Waals surface area contributed by atoms with Crippen LogP contribution in [0.4, 0.5) is 0 Å². The summed E-state index contributed by atoms with van der Waals surface area (Å²) in [5.74, 6) is 0. The van der Waals surface area contributed by atoms with E-state index >= 15 is 0 Å². The van der Waals surface area contributed by atoms with Crippen molar-refractivity contribution in [3.63, 3.8) is 0 Å². The molecular weight excluding hydrogens is 257 g/mol. The molecule has 0 saturated heterocycles. The third-order valence-electron chi connectivity index (χ3n) is 1.11. The second-order valence-corrected chi connectivity index (χ2v) is 1.92. The average molecular weight is 275 g/mol. The zero-order chi connectivity index (χ0) is 9.07. The zero-order valence-corrected chi connectivity index (χ0v) is 10.6. The summed E-state index contributed by atoms with van der Waals surface area (Å²) in [6.07, 6.45) is 0. The third kappa shape index (κ3) is 13.9. The van der Waals surface area contributed by atoms with Crippen LogP contribution in [0.15, 0.2) is 60.7 Å². The van der Waals surface area contributed by atoms with Crippen molar-refractivity contribution in [2.24, 2.45) is 0 Å². The van der Waals surface area contributed by atoms with Crippen LogP contribution in [-0.2, 0) is 19.5 Å². The Kier molecular flexibility index (Phi) is 24.7. The fourth-order valence-corrected chi connectivity index (χ4v) is 0.642. The maximum absolute atomic E-state index is 3.25. The van der Waals surface area contributed by atoms with Gasteiger partial charge in [0, 0.05) is 0 Å². The van der Waals surface area contributed by atoms with Crippen molar-refractivity contribution >= 4 is 0 Å². The van der Waals surface area contributed by atoms with Crippen LogP contribution >= 0.6 is 0 Å². The number of hydrogen-bond donors (Lipinski definition) is 0. The predicted molar refractivity (Wildman–Crippen MR) is 61.5 cm³/mol. The molecule has 0 aliphatic heterocycles. The standard InChI is InChI=1S/2C5H5.C2H5.CH3.Ru/c2*1-2-4-5-3-1;1-2;;/h2*1-5H;1H2,2H3;1H3;/q4*-1;+4. The summed E-state index contributed by atoms with van der Waals surface area (Å²) in [6.45, 7) is 5.00. The van der Waals surface area contributed by atoms with Crippen LogP contribution < -0.4 is 0 Å². The summed E-state index contributed by atoms with van der Waals surface area (Å²) in [5, 5.41) is 0. The molecule has 0 atom stereocenters. The van der Waals surface area contributed by atoms with Gasteiger partial charge in [-0.2, -0.15) is 43.3 Å². The van der Waals surface area contributed by atoms with Crippen LogP contribution in [0.2, 0.25) is 0 Å². The quantitative estimate of drug-likeness (QED) is 0.501. The second-order valence-electron chi connectivity index (χ2n) is 1.92. The van der Waals surface area contributed by atoms with E-state index in [0.717, 1.165) is 0 Å². The normalized spacial score (nSPS) is 6.14. The van der Waals surface area contributed by atoms with Gasteiger partial charge in [0.15, 0.2) is 0 Å². The molecule has 14 heavy (non-hydrogen) atoms. The third-order valence-corrected chi connectivity index (χ3v) is 1.11. The van der Waals surface area contributed by atoms with Crippen LogP contribution in [0.1, 0.15) is 6.92 Å². The van der Waals surface area contributed by atoms with Gasteiger partial charge in [-0.05, 0) is 0 Å². The van der Waals surface area contributed by atoms with E-state index in [2.05, 4.69) is 6.92 Å². The molecule has 2 aromatic rings. The molecule has 78 valence electrons. The summed E-state index contributed by atoms with van der Waals surface area (Å²) >= 11 is 0. The van der Waals surface area contributed by atoms with Crippen molar-refractivity contribution in [1.29, 1.82) is 0 Å². The van der Waals surface area contributed by atoms with Crippen molar-refractivity contribution in [2.75, 3.05) is 0 Å². The van der Waals surface area contributed by atoms with Crippen LogP contribution in [0, 0.1) is 14.4 Å². The van der Waals surface area contributed by atoms with E-state index < -0.39 is 0 Å². The Labute approximate surface area is 101 Å². The molecule has 0 fully saturated rings. The zero-order valence-electron chi connectivity index (χ0n) is 8.83. The predicted octanol–water partition coefficient (Wildman–Crippen LogP) is 4.10. The van der Waals surface area contributed by atoms with E-state index in [4.69, 9.17) is 0 Å². The summed E-state index contributed by atoms with van der Waals surface area (Å²) in [7, 11) is 0. The largest absolute Gasteiger partial charge is 4.00 e. The van der Waals surface area contributed by atoms with Gasteiger partial charge >= 0.3 is 19.5 Å². The average Bonchev–Trinajstić information content (AvgIpc) is 2.87. The van der Waals surface area contributed by atoms with Crippen molar-refractivity contribution in [1.82, 2.24) is 0 Å².